The van der Waals surface area contributed by atoms with E-state index in [0.717, 1.165) is 6.42 Å². The Balaban J connectivity index is 3.81. The zero-order chi connectivity index (χ0) is 14.8. The highest BCUT2D eigenvalue weighted by atomic mass is 16.4. The summed E-state index contributed by atoms with van der Waals surface area (Å²) in [5, 5.41) is 16.5. The highest BCUT2D eigenvalue weighted by Crippen LogP contribution is 2.01. The van der Waals surface area contributed by atoms with E-state index in [-0.39, 0.29) is 18.9 Å². The second-order valence-electron chi connectivity index (χ2n) is 4.42. The van der Waals surface area contributed by atoms with Gasteiger partial charge in [-0.1, -0.05) is 6.92 Å². The Morgan fingerprint density at radius 3 is 2.26 bits per heavy atom. The van der Waals surface area contributed by atoms with E-state index in [1.54, 1.807) is 6.92 Å². The van der Waals surface area contributed by atoms with Gasteiger partial charge in [-0.3, -0.25) is 9.59 Å². The maximum atomic E-state index is 11.4. The second kappa shape index (κ2) is 9.18. The summed E-state index contributed by atoms with van der Waals surface area (Å²) in [6, 6.07) is -0.949. The minimum absolute atomic E-state index is 0.117. The van der Waals surface area contributed by atoms with Gasteiger partial charge in [-0.25, -0.2) is 4.79 Å². The number of hydrogen-bond acceptors (Lipinski definition) is 3. The van der Waals surface area contributed by atoms with Gasteiger partial charge in [0.05, 0.1) is 5.92 Å². The van der Waals surface area contributed by atoms with Crippen molar-refractivity contribution in [2.24, 2.45) is 5.92 Å². The molecule has 2 unspecified atom stereocenters. The molecular weight excluding hydrogens is 250 g/mol. The first-order valence-electron chi connectivity index (χ1n) is 6.42. The molecular formula is C12H23N3O4. The number of carbonyl (C=O) groups excluding carboxylic acids is 2. The van der Waals surface area contributed by atoms with Crippen LogP contribution in [0.25, 0.3) is 0 Å². The van der Waals surface area contributed by atoms with Crippen molar-refractivity contribution < 1.29 is 19.5 Å². The van der Waals surface area contributed by atoms with E-state index in [1.165, 1.54) is 6.92 Å². The van der Waals surface area contributed by atoms with E-state index in [9.17, 15) is 14.4 Å². The number of carboxylic acid groups (broad SMARTS) is 1. The molecule has 0 aliphatic carbocycles. The highest BCUT2D eigenvalue weighted by Gasteiger charge is 2.20. The van der Waals surface area contributed by atoms with Crippen molar-refractivity contribution in [2.45, 2.75) is 39.7 Å². The molecule has 0 heterocycles. The maximum Gasteiger partial charge on any atom is 0.315 e. The zero-order valence-corrected chi connectivity index (χ0v) is 11.7. The average molecular weight is 273 g/mol. The Morgan fingerprint density at radius 1 is 1.11 bits per heavy atom. The van der Waals surface area contributed by atoms with Gasteiger partial charge in [0.1, 0.15) is 0 Å². The molecule has 0 radical (unpaired) electrons. The summed E-state index contributed by atoms with van der Waals surface area (Å²) in [6.45, 7) is 5.93. The first kappa shape index (κ1) is 17.2. The van der Waals surface area contributed by atoms with E-state index in [2.05, 4.69) is 16.0 Å². The topological polar surface area (TPSA) is 108 Å². The van der Waals surface area contributed by atoms with Crippen molar-refractivity contribution in [1.82, 2.24) is 16.0 Å². The maximum absolute atomic E-state index is 11.4. The molecule has 0 aliphatic rings. The predicted octanol–water partition coefficient (Wildman–Crippen LogP) is 0.311. The molecule has 0 aromatic carbocycles. The minimum atomic E-state index is -0.966. The van der Waals surface area contributed by atoms with Gasteiger partial charge in [0.15, 0.2) is 0 Å². The summed E-state index contributed by atoms with van der Waals surface area (Å²) in [5.41, 5.74) is 0. The molecule has 0 fully saturated rings. The summed E-state index contributed by atoms with van der Waals surface area (Å²) >= 11 is 0. The lowest BCUT2D eigenvalue weighted by molar-refractivity contribution is -0.141. The van der Waals surface area contributed by atoms with Crippen LogP contribution in [0.3, 0.4) is 0 Å². The standard InChI is InChI=1S/C12H23N3O4/c1-4-6-13-10(16)5-7-14-12(19)15-9(3)8(2)11(17)18/h8-9H,4-7H2,1-3H3,(H,13,16)(H,17,18)(H2,14,15,19). The SMILES string of the molecule is CCCNC(=O)CCNC(=O)NC(C)C(C)C(=O)O. The Kier molecular flexibility index (Phi) is 8.32. The Labute approximate surface area is 113 Å². The molecule has 0 aliphatic heterocycles. The van der Waals surface area contributed by atoms with Crippen molar-refractivity contribution in [2.75, 3.05) is 13.1 Å². The first-order chi connectivity index (χ1) is 8.88. The number of urea groups is 1. The highest BCUT2D eigenvalue weighted by molar-refractivity contribution is 5.78. The van der Waals surface area contributed by atoms with Crippen LogP contribution >= 0.6 is 0 Å². The third kappa shape index (κ3) is 8.01. The zero-order valence-electron chi connectivity index (χ0n) is 11.7. The molecule has 2 atom stereocenters. The molecule has 110 valence electrons. The van der Waals surface area contributed by atoms with Gasteiger partial charge >= 0.3 is 12.0 Å². The minimum Gasteiger partial charge on any atom is -0.481 e. The number of carboxylic acids is 1. The Bertz CT molecular complexity index is 320. The molecule has 3 amide bonds. The number of aliphatic carboxylic acids is 1. The largest absolute Gasteiger partial charge is 0.481 e. The smallest absolute Gasteiger partial charge is 0.315 e. The third-order valence-corrected chi connectivity index (χ3v) is 2.71. The second-order valence-corrected chi connectivity index (χ2v) is 4.42. The summed E-state index contributed by atoms with van der Waals surface area (Å²) < 4.78 is 0. The fourth-order valence-corrected chi connectivity index (χ4v) is 1.24. The van der Waals surface area contributed by atoms with Crippen LogP contribution in [0.15, 0.2) is 0 Å². The quantitative estimate of drug-likeness (QED) is 0.510. The van der Waals surface area contributed by atoms with E-state index < -0.39 is 24.0 Å². The van der Waals surface area contributed by atoms with Gasteiger partial charge in [0.2, 0.25) is 5.91 Å². The van der Waals surface area contributed by atoms with Gasteiger partial charge in [-0.2, -0.15) is 0 Å². The van der Waals surface area contributed by atoms with Crippen LogP contribution in [0.2, 0.25) is 0 Å². The summed E-state index contributed by atoms with van der Waals surface area (Å²) in [4.78, 5) is 33.4. The molecule has 7 heteroatoms. The van der Waals surface area contributed by atoms with E-state index in [1.807, 2.05) is 6.92 Å². The molecule has 0 aromatic rings. The number of rotatable bonds is 8. The van der Waals surface area contributed by atoms with E-state index >= 15 is 0 Å². The molecule has 4 N–H and O–H groups in total. The van der Waals surface area contributed by atoms with Gasteiger partial charge < -0.3 is 21.1 Å². The fraction of sp³-hybridized carbons (Fsp3) is 0.750. The van der Waals surface area contributed by atoms with Crippen molar-refractivity contribution in [3.63, 3.8) is 0 Å². The Hall–Kier alpha value is -1.79. The van der Waals surface area contributed by atoms with Crippen molar-refractivity contribution in [3.05, 3.63) is 0 Å². The molecule has 19 heavy (non-hydrogen) atoms. The summed E-state index contributed by atoms with van der Waals surface area (Å²) in [5.74, 6) is -1.75. The number of carbonyl (C=O) groups is 3. The molecule has 0 bridgehead atoms. The molecule has 0 aromatic heterocycles. The summed E-state index contributed by atoms with van der Waals surface area (Å²) in [7, 11) is 0. The molecule has 0 saturated carbocycles. The van der Waals surface area contributed by atoms with Crippen LogP contribution < -0.4 is 16.0 Å². The van der Waals surface area contributed by atoms with Gasteiger partial charge in [-0.15, -0.1) is 0 Å². The van der Waals surface area contributed by atoms with Crippen LogP contribution in [0.1, 0.15) is 33.6 Å². The predicted molar refractivity (Wildman–Crippen MR) is 70.7 cm³/mol. The summed E-state index contributed by atoms with van der Waals surface area (Å²) in [6.07, 6.45) is 1.07. The third-order valence-electron chi connectivity index (χ3n) is 2.71. The lowest BCUT2D eigenvalue weighted by atomic mass is 10.0. The van der Waals surface area contributed by atoms with Crippen LogP contribution in [-0.4, -0.2) is 42.1 Å². The molecule has 0 rings (SSSR count). The van der Waals surface area contributed by atoms with E-state index in [0.29, 0.717) is 6.54 Å². The van der Waals surface area contributed by atoms with Crippen LogP contribution in [-0.2, 0) is 9.59 Å². The van der Waals surface area contributed by atoms with Crippen LogP contribution in [0.5, 0.6) is 0 Å². The molecule has 7 nitrogen and oxygen atoms in total. The molecule has 0 saturated heterocycles. The monoisotopic (exact) mass is 273 g/mol. The number of amides is 3. The van der Waals surface area contributed by atoms with Crippen molar-refractivity contribution in [3.8, 4) is 0 Å². The van der Waals surface area contributed by atoms with Gasteiger partial charge in [0.25, 0.3) is 0 Å². The van der Waals surface area contributed by atoms with Crippen molar-refractivity contribution >= 4 is 17.9 Å². The van der Waals surface area contributed by atoms with Gasteiger partial charge in [-0.05, 0) is 20.3 Å². The van der Waals surface area contributed by atoms with Crippen LogP contribution in [0, 0.1) is 5.92 Å². The van der Waals surface area contributed by atoms with Crippen LogP contribution in [0.4, 0.5) is 4.79 Å². The van der Waals surface area contributed by atoms with E-state index in [4.69, 9.17) is 5.11 Å². The number of nitrogens with one attached hydrogen (secondary N) is 3. The first-order valence-corrected chi connectivity index (χ1v) is 6.42. The lowest BCUT2D eigenvalue weighted by Crippen LogP contribution is -2.45. The van der Waals surface area contributed by atoms with Crippen molar-refractivity contribution in [1.29, 1.82) is 0 Å². The molecule has 0 spiro atoms. The number of hydrogen-bond donors (Lipinski definition) is 4. The van der Waals surface area contributed by atoms with Gasteiger partial charge in [0, 0.05) is 25.6 Å². The fourth-order valence-electron chi connectivity index (χ4n) is 1.24. The normalized spacial score (nSPS) is 13.2. The average Bonchev–Trinajstić information content (AvgIpc) is 2.34. The lowest BCUT2D eigenvalue weighted by Gasteiger charge is -2.18. The Morgan fingerprint density at radius 2 is 1.74 bits per heavy atom.